The Bertz CT molecular complexity index is 909. The molecule has 9 heteroatoms. The number of hydrogen-bond acceptors (Lipinski definition) is 7. The van der Waals surface area contributed by atoms with E-state index in [9.17, 15) is 9.59 Å². The number of rotatable bonds is 3. The van der Waals surface area contributed by atoms with Gasteiger partial charge in [-0.05, 0) is 6.92 Å². The van der Waals surface area contributed by atoms with Gasteiger partial charge in [0.15, 0.2) is 4.96 Å². The molecule has 22 heavy (non-hydrogen) atoms. The van der Waals surface area contributed by atoms with Crippen molar-refractivity contribution in [2.45, 2.75) is 26.7 Å². The molecule has 0 bridgehead atoms. The van der Waals surface area contributed by atoms with E-state index in [-0.39, 0.29) is 17.0 Å². The summed E-state index contributed by atoms with van der Waals surface area (Å²) in [6.45, 7) is 5.87. The Kier molecular flexibility index (Phi) is 3.75. The second-order valence-corrected chi connectivity index (χ2v) is 7.25. The fraction of sp³-hybridized carbons (Fsp3) is 0.308. The zero-order valence-electron chi connectivity index (χ0n) is 12.2. The Hall–Kier alpha value is -2.13. The number of aromatic nitrogens is 4. The van der Waals surface area contributed by atoms with Crippen LogP contribution in [0.1, 0.15) is 40.0 Å². The molecule has 0 atom stereocenters. The largest absolute Gasteiger partial charge is 0.296 e. The maximum Gasteiger partial charge on any atom is 0.271 e. The van der Waals surface area contributed by atoms with Gasteiger partial charge in [-0.25, -0.2) is 4.98 Å². The Morgan fingerprint density at radius 1 is 1.32 bits per heavy atom. The normalized spacial score (nSPS) is 11.3. The van der Waals surface area contributed by atoms with Gasteiger partial charge in [0.25, 0.3) is 11.5 Å². The summed E-state index contributed by atoms with van der Waals surface area (Å²) in [4.78, 5) is 30.2. The highest BCUT2D eigenvalue weighted by Gasteiger charge is 2.17. The van der Waals surface area contributed by atoms with Crippen LogP contribution in [0.2, 0.25) is 0 Å². The summed E-state index contributed by atoms with van der Waals surface area (Å²) in [5, 5.41) is 11.7. The van der Waals surface area contributed by atoms with Gasteiger partial charge in [-0.15, -0.1) is 21.5 Å². The van der Waals surface area contributed by atoms with E-state index in [4.69, 9.17) is 0 Å². The molecular weight excluding hydrogens is 322 g/mol. The van der Waals surface area contributed by atoms with Crippen LogP contribution >= 0.6 is 22.7 Å². The quantitative estimate of drug-likeness (QED) is 0.793. The van der Waals surface area contributed by atoms with E-state index in [0.29, 0.717) is 10.1 Å². The van der Waals surface area contributed by atoms with Crippen molar-refractivity contribution in [1.82, 2.24) is 19.6 Å². The third-order valence-electron chi connectivity index (χ3n) is 2.92. The molecule has 0 saturated carbocycles. The molecule has 0 aliphatic carbocycles. The minimum absolute atomic E-state index is 0.0170. The minimum atomic E-state index is -0.526. The van der Waals surface area contributed by atoms with Crippen LogP contribution in [0.3, 0.4) is 0 Å². The first-order chi connectivity index (χ1) is 10.5. The second kappa shape index (κ2) is 5.58. The maximum atomic E-state index is 12.3. The van der Waals surface area contributed by atoms with E-state index in [0.717, 1.165) is 9.88 Å². The highest BCUT2D eigenvalue weighted by molar-refractivity contribution is 7.17. The number of carbonyl (C=O) groups is 1. The molecule has 0 aliphatic rings. The molecule has 0 saturated heterocycles. The lowest BCUT2D eigenvalue weighted by atomic mass is 10.2. The predicted molar refractivity (Wildman–Crippen MR) is 86.0 cm³/mol. The Balaban J connectivity index is 1.91. The SMILES string of the molecule is Cc1cn2c(=O)c(C(=O)Nc3nnc(C(C)C)s3)cnc2s1. The molecule has 3 heterocycles. The van der Waals surface area contributed by atoms with Crippen LogP contribution in [0, 0.1) is 6.92 Å². The van der Waals surface area contributed by atoms with Gasteiger partial charge in [-0.3, -0.25) is 19.3 Å². The van der Waals surface area contributed by atoms with E-state index in [1.54, 1.807) is 6.20 Å². The van der Waals surface area contributed by atoms with E-state index in [1.807, 2.05) is 20.8 Å². The van der Waals surface area contributed by atoms with Crippen molar-refractivity contribution in [2.75, 3.05) is 5.32 Å². The van der Waals surface area contributed by atoms with Crippen LogP contribution in [0.4, 0.5) is 5.13 Å². The number of aryl methyl sites for hydroxylation is 1. The molecule has 0 unspecified atom stereocenters. The molecule has 3 aromatic rings. The Labute approximate surface area is 133 Å². The number of nitrogens with one attached hydrogen (secondary N) is 1. The molecule has 0 spiro atoms. The summed E-state index contributed by atoms with van der Waals surface area (Å²) < 4.78 is 1.38. The van der Waals surface area contributed by atoms with Crippen molar-refractivity contribution < 1.29 is 4.79 Å². The molecule has 7 nitrogen and oxygen atoms in total. The number of nitrogens with zero attached hydrogens (tertiary/aromatic N) is 4. The molecule has 1 amide bonds. The van der Waals surface area contributed by atoms with Crippen LogP contribution in [-0.4, -0.2) is 25.5 Å². The van der Waals surface area contributed by atoms with Crippen LogP contribution in [0.25, 0.3) is 4.96 Å². The first-order valence-corrected chi connectivity index (χ1v) is 8.21. The van der Waals surface area contributed by atoms with Crippen molar-refractivity contribution in [1.29, 1.82) is 0 Å². The van der Waals surface area contributed by atoms with Gasteiger partial charge >= 0.3 is 0 Å². The van der Waals surface area contributed by atoms with Gasteiger partial charge in [-0.1, -0.05) is 25.2 Å². The zero-order chi connectivity index (χ0) is 15.9. The van der Waals surface area contributed by atoms with Crippen molar-refractivity contribution in [3.63, 3.8) is 0 Å². The first kappa shape index (κ1) is 14.8. The van der Waals surface area contributed by atoms with Gasteiger partial charge in [-0.2, -0.15) is 0 Å². The summed E-state index contributed by atoms with van der Waals surface area (Å²) in [5.41, 5.74) is -0.406. The molecule has 0 fully saturated rings. The monoisotopic (exact) mass is 335 g/mol. The highest BCUT2D eigenvalue weighted by Crippen LogP contribution is 2.22. The lowest BCUT2D eigenvalue weighted by molar-refractivity contribution is 0.102. The number of amides is 1. The average molecular weight is 335 g/mol. The van der Waals surface area contributed by atoms with E-state index < -0.39 is 5.91 Å². The predicted octanol–water partition coefficient (Wildman–Crippen LogP) is 2.29. The summed E-state index contributed by atoms with van der Waals surface area (Å²) >= 11 is 2.69. The fourth-order valence-electron chi connectivity index (χ4n) is 1.83. The molecular formula is C13H13N5O2S2. The summed E-state index contributed by atoms with van der Waals surface area (Å²) in [6, 6.07) is 0. The van der Waals surface area contributed by atoms with E-state index >= 15 is 0 Å². The smallest absolute Gasteiger partial charge is 0.271 e. The van der Waals surface area contributed by atoms with Crippen molar-refractivity contribution in [3.05, 3.63) is 38.2 Å². The van der Waals surface area contributed by atoms with Crippen LogP contribution < -0.4 is 10.9 Å². The molecule has 3 aromatic heterocycles. The highest BCUT2D eigenvalue weighted by atomic mass is 32.1. The molecule has 114 valence electrons. The van der Waals surface area contributed by atoms with E-state index in [2.05, 4.69) is 20.5 Å². The summed E-state index contributed by atoms with van der Waals surface area (Å²) in [7, 11) is 0. The minimum Gasteiger partial charge on any atom is -0.296 e. The molecule has 1 N–H and O–H groups in total. The fourth-order valence-corrected chi connectivity index (χ4v) is 3.36. The second-order valence-electron chi connectivity index (χ2n) is 5.03. The third-order valence-corrected chi connectivity index (χ3v) is 4.97. The van der Waals surface area contributed by atoms with Gasteiger partial charge < -0.3 is 0 Å². The number of anilines is 1. The lowest BCUT2D eigenvalue weighted by Crippen LogP contribution is -2.25. The van der Waals surface area contributed by atoms with Gasteiger partial charge in [0.1, 0.15) is 10.6 Å². The molecule has 0 radical (unpaired) electrons. The summed E-state index contributed by atoms with van der Waals surface area (Å²) in [6.07, 6.45) is 2.97. The van der Waals surface area contributed by atoms with Gasteiger partial charge in [0.2, 0.25) is 5.13 Å². The number of thiazole rings is 1. The Morgan fingerprint density at radius 2 is 2.09 bits per heavy atom. The van der Waals surface area contributed by atoms with Crippen molar-refractivity contribution in [3.8, 4) is 0 Å². The topological polar surface area (TPSA) is 89.2 Å². The van der Waals surface area contributed by atoms with E-state index in [1.165, 1.54) is 33.3 Å². The molecule has 0 aliphatic heterocycles. The maximum absolute atomic E-state index is 12.3. The van der Waals surface area contributed by atoms with Crippen molar-refractivity contribution in [2.24, 2.45) is 0 Å². The van der Waals surface area contributed by atoms with Crippen LogP contribution in [0.5, 0.6) is 0 Å². The van der Waals surface area contributed by atoms with Gasteiger partial charge in [0.05, 0.1) is 0 Å². The average Bonchev–Trinajstić information content (AvgIpc) is 3.05. The standard InChI is InChI=1S/C13H13N5O2S2/c1-6(2)10-16-17-12(22-10)15-9(19)8-4-14-13-18(11(8)20)5-7(3)21-13/h4-6H,1-3H3,(H,15,17,19). The lowest BCUT2D eigenvalue weighted by Gasteiger charge is -2.00. The number of hydrogen-bond donors (Lipinski definition) is 1. The van der Waals surface area contributed by atoms with Crippen molar-refractivity contribution >= 4 is 38.7 Å². The number of carbonyl (C=O) groups excluding carboxylic acids is 1. The Morgan fingerprint density at radius 3 is 2.77 bits per heavy atom. The third kappa shape index (κ3) is 2.64. The first-order valence-electron chi connectivity index (χ1n) is 6.58. The van der Waals surface area contributed by atoms with Crippen LogP contribution in [0.15, 0.2) is 17.2 Å². The van der Waals surface area contributed by atoms with Gasteiger partial charge in [0, 0.05) is 23.2 Å². The number of fused-ring (bicyclic) bond motifs is 1. The molecule has 3 rings (SSSR count). The summed E-state index contributed by atoms with van der Waals surface area (Å²) in [5.74, 6) is -0.289. The zero-order valence-corrected chi connectivity index (χ0v) is 13.8. The van der Waals surface area contributed by atoms with Crippen LogP contribution in [-0.2, 0) is 0 Å². The molecule has 0 aromatic carbocycles.